The summed E-state index contributed by atoms with van der Waals surface area (Å²) < 4.78 is 18.0. The van der Waals surface area contributed by atoms with E-state index in [1.54, 1.807) is 33.1 Å². The molecule has 2 aromatic rings. The third-order valence-corrected chi connectivity index (χ3v) is 4.36. The minimum absolute atomic E-state index is 0.238. The minimum Gasteiger partial charge on any atom is -0.497 e. The van der Waals surface area contributed by atoms with Crippen molar-refractivity contribution in [2.75, 3.05) is 13.7 Å². The van der Waals surface area contributed by atoms with E-state index in [9.17, 15) is 14.0 Å². The predicted molar refractivity (Wildman–Crippen MR) is 102 cm³/mol. The van der Waals surface area contributed by atoms with Crippen molar-refractivity contribution in [1.29, 1.82) is 0 Å². The van der Waals surface area contributed by atoms with Crippen LogP contribution in [0.15, 0.2) is 48.5 Å². The molecule has 0 saturated carbocycles. The summed E-state index contributed by atoms with van der Waals surface area (Å²) >= 11 is 0. The molecule has 0 aliphatic carbocycles. The van der Waals surface area contributed by atoms with Crippen LogP contribution in [-0.2, 0) is 22.6 Å². The average Bonchev–Trinajstić information content (AvgIpc) is 2.67. The molecule has 5 nitrogen and oxygen atoms in total. The zero-order valence-corrected chi connectivity index (χ0v) is 15.8. The maximum absolute atomic E-state index is 12.9. The number of ether oxygens (including phenoxy) is 1. The number of hydrogen-bond donors (Lipinski definition) is 2. The van der Waals surface area contributed by atoms with Gasteiger partial charge in [0.1, 0.15) is 17.0 Å². The van der Waals surface area contributed by atoms with E-state index >= 15 is 0 Å². The van der Waals surface area contributed by atoms with E-state index in [2.05, 4.69) is 10.6 Å². The van der Waals surface area contributed by atoms with Gasteiger partial charge in [0.05, 0.1) is 7.11 Å². The van der Waals surface area contributed by atoms with Crippen LogP contribution >= 0.6 is 0 Å². The normalized spacial score (nSPS) is 11.0. The highest BCUT2D eigenvalue weighted by molar-refractivity contribution is 6.04. The largest absolute Gasteiger partial charge is 0.497 e. The molecule has 2 rings (SSSR count). The first kappa shape index (κ1) is 20.4. The van der Waals surface area contributed by atoms with Gasteiger partial charge in [-0.25, -0.2) is 4.39 Å². The summed E-state index contributed by atoms with van der Waals surface area (Å²) in [5, 5.41) is 5.53. The van der Waals surface area contributed by atoms with Crippen LogP contribution in [0.1, 0.15) is 25.0 Å². The summed E-state index contributed by atoms with van der Waals surface area (Å²) in [7, 11) is 1.61. The Morgan fingerprint density at radius 2 is 1.48 bits per heavy atom. The van der Waals surface area contributed by atoms with Gasteiger partial charge in [-0.1, -0.05) is 24.3 Å². The smallest absolute Gasteiger partial charge is 0.235 e. The molecule has 0 spiro atoms. The Kier molecular flexibility index (Phi) is 6.93. The van der Waals surface area contributed by atoms with Crippen LogP contribution in [-0.4, -0.2) is 25.5 Å². The highest BCUT2D eigenvalue weighted by Gasteiger charge is 2.35. The van der Waals surface area contributed by atoms with Crippen LogP contribution in [0.2, 0.25) is 0 Å². The van der Waals surface area contributed by atoms with Crippen LogP contribution in [0.25, 0.3) is 0 Å². The molecular weight excluding hydrogens is 347 g/mol. The van der Waals surface area contributed by atoms with Crippen molar-refractivity contribution in [3.05, 3.63) is 65.5 Å². The van der Waals surface area contributed by atoms with Crippen molar-refractivity contribution in [3.8, 4) is 5.75 Å². The molecule has 0 aliphatic heterocycles. The van der Waals surface area contributed by atoms with Gasteiger partial charge in [0, 0.05) is 13.1 Å². The molecule has 0 bridgehead atoms. The molecule has 144 valence electrons. The van der Waals surface area contributed by atoms with Gasteiger partial charge in [-0.3, -0.25) is 9.59 Å². The number of nitrogens with one attached hydrogen (secondary N) is 2. The van der Waals surface area contributed by atoms with Crippen molar-refractivity contribution >= 4 is 11.8 Å². The van der Waals surface area contributed by atoms with Crippen LogP contribution < -0.4 is 15.4 Å². The number of hydrogen-bond acceptors (Lipinski definition) is 3. The fourth-order valence-corrected chi connectivity index (χ4v) is 2.44. The fraction of sp³-hybridized carbons (Fsp3) is 0.333. The summed E-state index contributed by atoms with van der Waals surface area (Å²) in [5.41, 5.74) is 0.620. The molecule has 0 saturated heterocycles. The average molecular weight is 372 g/mol. The van der Waals surface area contributed by atoms with Crippen LogP contribution in [0, 0.1) is 11.2 Å². The monoisotopic (exact) mass is 372 g/mol. The maximum Gasteiger partial charge on any atom is 0.235 e. The van der Waals surface area contributed by atoms with E-state index in [-0.39, 0.29) is 24.2 Å². The Labute approximate surface area is 158 Å². The molecule has 0 unspecified atom stereocenters. The topological polar surface area (TPSA) is 67.4 Å². The van der Waals surface area contributed by atoms with Gasteiger partial charge in [-0.2, -0.15) is 0 Å². The van der Waals surface area contributed by atoms with Crippen molar-refractivity contribution in [1.82, 2.24) is 10.6 Å². The minimum atomic E-state index is -1.21. The highest BCUT2D eigenvalue weighted by atomic mass is 19.1. The standard InChI is InChI=1S/C21H25FN2O3/c1-21(2,20(26)24-14-16-4-8-17(22)9-5-16)19(25)23-13-12-15-6-10-18(27-3)11-7-15/h4-11H,12-14H2,1-3H3,(H,23,25)(H,24,26). The third-order valence-electron chi connectivity index (χ3n) is 4.36. The second-order valence-corrected chi connectivity index (χ2v) is 6.79. The number of carbonyl (C=O) groups is 2. The van der Waals surface area contributed by atoms with Crippen molar-refractivity contribution < 1.29 is 18.7 Å². The number of methoxy groups -OCH3 is 1. The molecular formula is C21H25FN2O3. The molecule has 0 aromatic heterocycles. The lowest BCUT2D eigenvalue weighted by atomic mass is 9.91. The highest BCUT2D eigenvalue weighted by Crippen LogP contribution is 2.16. The van der Waals surface area contributed by atoms with Gasteiger partial charge in [-0.05, 0) is 55.7 Å². The van der Waals surface area contributed by atoms with E-state index in [0.29, 0.717) is 13.0 Å². The lowest BCUT2D eigenvalue weighted by molar-refractivity contribution is -0.141. The van der Waals surface area contributed by atoms with E-state index < -0.39 is 5.41 Å². The number of halogens is 1. The van der Waals surface area contributed by atoms with Crippen molar-refractivity contribution in [2.45, 2.75) is 26.8 Å². The number of benzene rings is 2. The zero-order chi connectivity index (χ0) is 19.9. The Hall–Kier alpha value is -2.89. The SMILES string of the molecule is COc1ccc(CCNC(=O)C(C)(C)C(=O)NCc2ccc(F)cc2)cc1. The van der Waals surface area contributed by atoms with Gasteiger partial charge in [0.15, 0.2) is 0 Å². The molecule has 2 amide bonds. The maximum atomic E-state index is 12.9. The Morgan fingerprint density at radius 1 is 0.926 bits per heavy atom. The Morgan fingerprint density at radius 3 is 2.07 bits per heavy atom. The fourth-order valence-electron chi connectivity index (χ4n) is 2.44. The molecule has 0 aliphatic rings. The van der Waals surface area contributed by atoms with Gasteiger partial charge >= 0.3 is 0 Å². The predicted octanol–water partition coefficient (Wildman–Crippen LogP) is 2.84. The molecule has 0 heterocycles. The van der Waals surface area contributed by atoms with Crippen molar-refractivity contribution in [3.63, 3.8) is 0 Å². The van der Waals surface area contributed by atoms with E-state index in [4.69, 9.17) is 4.74 Å². The lowest BCUT2D eigenvalue weighted by Crippen LogP contribution is -2.48. The molecule has 6 heteroatoms. The molecule has 0 fully saturated rings. The van der Waals surface area contributed by atoms with Gasteiger partial charge in [0.25, 0.3) is 0 Å². The lowest BCUT2D eigenvalue weighted by Gasteiger charge is -2.22. The first-order chi connectivity index (χ1) is 12.8. The third kappa shape index (κ3) is 5.81. The number of amides is 2. The van der Waals surface area contributed by atoms with Gasteiger partial charge in [-0.15, -0.1) is 0 Å². The molecule has 2 aromatic carbocycles. The summed E-state index contributed by atoms with van der Waals surface area (Å²) in [5.74, 6) is -0.273. The first-order valence-electron chi connectivity index (χ1n) is 8.77. The van der Waals surface area contributed by atoms with Gasteiger partial charge in [0.2, 0.25) is 11.8 Å². The van der Waals surface area contributed by atoms with Crippen LogP contribution in [0.3, 0.4) is 0 Å². The van der Waals surface area contributed by atoms with Crippen molar-refractivity contribution in [2.24, 2.45) is 5.41 Å². The zero-order valence-electron chi connectivity index (χ0n) is 15.8. The molecule has 0 atom stereocenters. The molecule has 2 N–H and O–H groups in total. The van der Waals surface area contributed by atoms with E-state index in [1.165, 1.54) is 12.1 Å². The summed E-state index contributed by atoms with van der Waals surface area (Å²) in [6.07, 6.45) is 0.656. The van der Waals surface area contributed by atoms with E-state index in [1.807, 2.05) is 24.3 Å². The molecule has 27 heavy (non-hydrogen) atoms. The summed E-state index contributed by atoms with van der Waals surface area (Å²) in [6.45, 7) is 3.83. The van der Waals surface area contributed by atoms with Crippen LogP contribution in [0.4, 0.5) is 4.39 Å². The summed E-state index contributed by atoms with van der Waals surface area (Å²) in [4.78, 5) is 24.8. The summed E-state index contributed by atoms with van der Waals surface area (Å²) in [6, 6.07) is 13.5. The van der Waals surface area contributed by atoms with Crippen LogP contribution in [0.5, 0.6) is 5.75 Å². The van der Waals surface area contributed by atoms with Gasteiger partial charge < -0.3 is 15.4 Å². The number of carbonyl (C=O) groups excluding carboxylic acids is 2. The Balaban J connectivity index is 1.81. The first-order valence-corrected chi connectivity index (χ1v) is 8.77. The molecule has 0 radical (unpaired) electrons. The van der Waals surface area contributed by atoms with E-state index in [0.717, 1.165) is 16.9 Å². The Bertz CT molecular complexity index is 771. The second kappa shape index (κ2) is 9.16. The number of rotatable bonds is 8. The quantitative estimate of drug-likeness (QED) is 0.700. The second-order valence-electron chi connectivity index (χ2n) is 6.79.